The van der Waals surface area contributed by atoms with Crippen molar-refractivity contribution in [3.63, 3.8) is 0 Å². The van der Waals surface area contributed by atoms with Crippen LogP contribution in [-0.2, 0) is 9.59 Å². The topological polar surface area (TPSA) is 120 Å². The largest absolute Gasteiger partial charge is 0.480 e. The van der Waals surface area contributed by atoms with Crippen molar-refractivity contribution in [3.05, 3.63) is 34.2 Å². The van der Waals surface area contributed by atoms with Gasteiger partial charge in [-0.3, -0.25) is 14.4 Å². The van der Waals surface area contributed by atoms with Crippen LogP contribution in [0.1, 0.15) is 10.4 Å². The predicted molar refractivity (Wildman–Crippen MR) is 62.5 cm³/mol. The Morgan fingerprint density at radius 2 is 2.05 bits per heavy atom. The number of pyridine rings is 1. The van der Waals surface area contributed by atoms with E-state index in [1.165, 1.54) is 12.3 Å². The second kappa shape index (κ2) is 4.92. The maximum Gasteiger partial charge on any atom is 0.328 e. The highest BCUT2D eigenvalue weighted by Crippen LogP contribution is 2.10. The fourth-order valence-electron chi connectivity index (χ4n) is 1.78. The van der Waals surface area contributed by atoms with Crippen LogP contribution in [0.25, 0.3) is 0 Å². The van der Waals surface area contributed by atoms with E-state index >= 15 is 0 Å². The quantitative estimate of drug-likeness (QED) is 0.595. The van der Waals surface area contributed by atoms with Gasteiger partial charge in [0.05, 0.1) is 5.56 Å². The normalized spacial score (nSPS) is 18.8. The standard InChI is InChI=1S/C11H11N3O5/c15-8-2-1-6(3-12-8)10(17)14-5-9(16)13-4-7(14)11(18)19/h1-3,7H,4-5H2,(H,12,15)(H,13,16)(H,18,19). The van der Waals surface area contributed by atoms with E-state index in [9.17, 15) is 19.2 Å². The number of nitrogens with zero attached hydrogens (tertiary/aromatic N) is 1. The molecule has 1 aromatic heterocycles. The van der Waals surface area contributed by atoms with E-state index in [1.54, 1.807) is 0 Å². The maximum atomic E-state index is 12.1. The van der Waals surface area contributed by atoms with Crippen molar-refractivity contribution >= 4 is 17.8 Å². The summed E-state index contributed by atoms with van der Waals surface area (Å²) in [4.78, 5) is 48.7. The van der Waals surface area contributed by atoms with Gasteiger partial charge < -0.3 is 20.3 Å². The van der Waals surface area contributed by atoms with E-state index in [4.69, 9.17) is 5.11 Å². The van der Waals surface area contributed by atoms with Crippen molar-refractivity contribution in [1.29, 1.82) is 0 Å². The third-order valence-electron chi connectivity index (χ3n) is 2.76. The second-order valence-corrected chi connectivity index (χ2v) is 4.03. The molecule has 0 saturated carbocycles. The number of carbonyl (C=O) groups excluding carboxylic acids is 2. The minimum absolute atomic E-state index is 0.126. The number of aromatic nitrogens is 1. The Hall–Kier alpha value is -2.64. The predicted octanol–water partition coefficient (Wildman–Crippen LogP) is -1.60. The highest BCUT2D eigenvalue weighted by atomic mass is 16.4. The highest BCUT2D eigenvalue weighted by molar-refractivity contribution is 5.99. The number of hydrogen-bond acceptors (Lipinski definition) is 4. The molecule has 19 heavy (non-hydrogen) atoms. The summed E-state index contributed by atoms with van der Waals surface area (Å²) in [5.74, 6) is -2.23. The Morgan fingerprint density at radius 3 is 2.63 bits per heavy atom. The Morgan fingerprint density at radius 1 is 1.32 bits per heavy atom. The van der Waals surface area contributed by atoms with Gasteiger partial charge in [-0.15, -0.1) is 0 Å². The van der Waals surface area contributed by atoms with Crippen LogP contribution in [-0.4, -0.2) is 51.9 Å². The third kappa shape index (κ3) is 2.62. The number of hydrogen-bond donors (Lipinski definition) is 3. The van der Waals surface area contributed by atoms with E-state index in [-0.39, 0.29) is 24.2 Å². The van der Waals surface area contributed by atoms with Crippen LogP contribution in [0.2, 0.25) is 0 Å². The molecule has 2 amide bonds. The number of amides is 2. The Bertz CT molecular complexity index is 574. The van der Waals surface area contributed by atoms with Crippen molar-refractivity contribution < 1.29 is 19.5 Å². The first kappa shape index (κ1) is 12.8. The lowest BCUT2D eigenvalue weighted by atomic mass is 10.1. The van der Waals surface area contributed by atoms with E-state index in [0.717, 1.165) is 11.0 Å². The van der Waals surface area contributed by atoms with Gasteiger partial charge >= 0.3 is 5.97 Å². The molecule has 2 rings (SSSR count). The van der Waals surface area contributed by atoms with Crippen molar-refractivity contribution in [2.24, 2.45) is 0 Å². The lowest BCUT2D eigenvalue weighted by molar-refractivity contribution is -0.144. The van der Waals surface area contributed by atoms with Crippen LogP contribution < -0.4 is 10.9 Å². The van der Waals surface area contributed by atoms with Crippen LogP contribution in [0.15, 0.2) is 23.1 Å². The number of aromatic amines is 1. The van der Waals surface area contributed by atoms with Crippen LogP contribution in [0.3, 0.4) is 0 Å². The van der Waals surface area contributed by atoms with Gasteiger partial charge in [-0.25, -0.2) is 4.79 Å². The van der Waals surface area contributed by atoms with E-state index in [2.05, 4.69) is 10.3 Å². The first-order chi connectivity index (χ1) is 8.99. The zero-order valence-corrected chi connectivity index (χ0v) is 9.75. The van der Waals surface area contributed by atoms with Crippen LogP contribution >= 0.6 is 0 Å². The number of carboxylic acids is 1. The monoisotopic (exact) mass is 265 g/mol. The molecule has 1 aromatic rings. The summed E-state index contributed by atoms with van der Waals surface area (Å²) in [6, 6.07) is 1.33. The fourth-order valence-corrected chi connectivity index (χ4v) is 1.78. The van der Waals surface area contributed by atoms with Gasteiger partial charge in [-0.2, -0.15) is 0 Å². The number of nitrogens with one attached hydrogen (secondary N) is 2. The molecule has 0 aromatic carbocycles. The molecule has 2 heterocycles. The van der Waals surface area contributed by atoms with Gasteiger partial charge in [-0.05, 0) is 6.07 Å². The molecule has 1 aliphatic rings. The SMILES string of the molecule is O=C1CN(C(=O)c2ccc(=O)[nH]c2)C(C(=O)O)CN1. The molecule has 8 heteroatoms. The van der Waals surface area contributed by atoms with Gasteiger partial charge in [0.15, 0.2) is 0 Å². The molecule has 0 aliphatic carbocycles. The smallest absolute Gasteiger partial charge is 0.328 e. The van der Waals surface area contributed by atoms with Crippen molar-refractivity contribution in [1.82, 2.24) is 15.2 Å². The van der Waals surface area contributed by atoms with Crippen LogP contribution in [0.5, 0.6) is 0 Å². The van der Waals surface area contributed by atoms with Gasteiger partial charge in [0.2, 0.25) is 11.5 Å². The summed E-state index contributed by atoms with van der Waals surface area (Å²) in [6.45, 7) is -0.460. The molecule has 0 spiro atoms. The number of rotatable bonds is 2. The molecule has 0 bridgehead atoms. The summed E-state index contributed by atoms with van der Waals surface area (Å²) in [7, 11) is 0. The Balaban J connectivity index is 2.28. The first-order valence-electron chi connectivity index (χ1n) is 5.48. The fraction of sp³-hybridized carbons (Fsp3) is 0.273. The van der Waals surface area contributed by atoms with Crippen LogP contribution in [0, 0.1) is 0 Å². The number of carboxylic acid groups (broad SMARTS) is 1. The lowest BCUT2D eigenvalue weighted by Gasteiger charge is -2.32. The van der Waals surface area contributed by atoms with E-state index in [0.29, 0.717) is 0 Å². The number of aliphatic carboxylic acids is 1. The number of carbonyl (C=O) groups is 3. The molecule has 1 unspecified atom stereocenters. The van der Waals surface area contributed by atoms with Crippen molar-refractivity contribution in [2.75, 3.05) is 13.1 Å². The van der Waals surface area contributed by atoms with Crippen molar-refractivity contribution in [3.8, 4) is 0 Å². The van der Waals surface area contributed by atoms with Gasteiger partial charge in [0.1, 0.15) is 12.6 Å². The lowest BCUT2D eigenvalue weighted by Crippen LogP contribution is -2.59. The third-order valence-corrected chi connectivity index (χ3v) is 2.76. The first-order valence-corrected chi connectivity index (χ1v) is 5.48. The molecular weight excluding hydrogens is 254 g/mol. The van der Waals surface area contributed by atoms with E-state index in [1.807, 2.05) is 0 Å². The summed E-state index contributed by atoms with van der Waals surface area (Å²) in [6.07, 6.45) is 1.19. The number of H-pyrrole nitrogens is 1. The average Bonchev–Trinajstić information content (AvgIpc) is 2.38. The van der Waals surface area contributed by atoms with Gasteiger partial charge in [0, 0.05) is 18.8 Å². The Labute approximate surface area is 107 Å². The van der Waals surface area contributed by atoms with Gasteiger partial charge in [0.25, 0.3) is 5.91 Å². The molecule has 1 aliphatic heterocycles. The van der Waals surface area contributed by atoms with Gasteiger partial charge in [-0.1, -0.05) is 0 Å². The van der Waals surface area contributed by atoms with Crippen molar-refractivity contribution in [2.45, 2.75) is 6.04 Å². The zero-order chi connectivity index (χ0) is 14.0. The summed E-state index contributed by atoms with van der Waals surface area (Å²) in [5.41, 5.74) is -0.247. The maximum absolute atomic E-state index is 12.1. The van der Waals surface area contributed by atoms with E-state index < -0.39 is 23.8 Å². The second-order valence-electron chi connectivity index (χ2n) is 4.03. The Kier molecular flexibility index (Phi) is 3.32. The summed E-state index contributed by atoms with van der Waals surface area (Å²) >= 11 is 0. The molecule has 3 N–H and O–H groups in total. The minimum Gasteiger partial charge on any atom is -0.480 e. The molecule has 1 fully saturated rings. The average molecular weight is 265 g/mol. The molecule has 8 nitrogen and oxygen atoms in total. The molecule has 0 radical (unpaired) electrons. The number of piperazine rings is 1. The van der Waals surface area contributed by atoms with Crippen LogP contribution in [0.4, 0.5) is 0 Å². The molecule has 1 atom stereocenters. The summed E-state index contributed by atoms with van der Waals surface area (Å²) in [5, 5.41) is 11.4. The highest BCUT2D eigenvalue weighted by Gasteiger charge is 2.35. The zero-order valence-electron chi connectivity index (χ0n) is 9.75. The molecular formula is C11H11N3O5. The summed E-state index contributed by atoms with van der Waals surface area (Å²) < 4.78 is 0. The molecule has 100 valence electrons. The molecule has 1 saturated heterocycles. The minimum atomic E-state index is -1.20.